The molecule has 0 unspecified atom stereocenters. The fraction of sp³-hybridized carbons (Fsp3) is 0.286. The molecule has 1 spiro atoms. The minimum Gasteiger partial charge on any atom is -0.511 e. The fourth-order valence-corrected chi connectivity index (χ4v) is 3.08. The quantitative estimate of drug-likeness (QED) is 0.762. The Morgan fingerprint density at radius 2 is 2.30 bits per heavy atom. The molecule has 0 bridgehead atoms. The van der Waals surface area contributed by atoms with Crippen molar-refractivity contribution in [2.45, 2.75) is 18.4 Å². The van der Waals surface area contributed by atoms with Gasteiger partial charge in [-0.15, -0.1) is 0 Å². The van der Waals surface area contributed by atoms with E-state index in [1.54, 1.807) is 6.07 Å². The summed E-state index contributed by atoms with van der Waals surface area (Å²) in [5, 5.41) is 21.7. The molecule has 2 aliphatic heterocycles. The summed E-state index contributed by atoms with van der Waals surface area (Å²) in [6.07, 6.45) is 0.760. The molecule has 0 aromatic heterocycles. The van der Waals surface area contributed by atoms with Gasteiger partial charge in [0.1, 0.15) is 17.6 Å². The van der Waals surface area contributed by atoms with Crippen LogP contribution >= 0.6 is 15.9 Å². The second kappa shape index (κ2) is 4.53. The second-order valence-electron chi connectivity index (χ2n) is 4.89. The number of amides is 1. The largest absolute Gasteiger partial charge is 0.511 e. The molecule has 3 rings (SSSR count). The van der Waals surface area contributed by atoms with Gasteiger partial charge in [0.15, 0.2) is 5.57 Å². The highest BCUT2D eigenvalue weighted by molar-refractivity contribution is 9.10. The third kappa shape index (κ3) is 1.86. The number of hydrogen-bond acceptors (Lipinski definition) is 4. The number of ether oxygens (including phenoxy) is 1. The van der Waals surface area contributed by atoms with Crippen molar-refractivity contribution in [3.63, 3.8) is 0 Å². The highest BCUT2D eigenvalue weighted by Crippen LogP contribution is 2.43. The van der Waals surface area contributed by atoms with Crippen LogP contribution in [0.2, 0.25) is 0 Å². The molecule has 1 aromatic rings. The van der Waals surface area contributed by atoms with Crippen molar-refractivity contribution in [2.75, 3.05) is 6.61 Å². The number of nitriles is 1. The van der Waals surface area contributed by atoms with Crippen molar-refractivity contribution < 1.29 is 14.6 Å². The number of carbonyl (C=O) groups excluding carboxylic acids is 1. The molecular formula is C14H11BrN2O3. The third-order valence-electron chi connectivity index (χ3n) is 3.70. The van der Waals surface area contributed by atoms with E-state index in [0.717, 1.165) is 10.0 Å². The first-order valence-corrected chi connectivity index (χ1v) is 6.92. The smallest absolute Gasteiger partial charge is 0.266 e. The van der Waals surface area contributed by atoms with E-state index in [0.29, 0.717) is 18.8 Å². The molecule has 0 fully saturated rings. The summed E-state index contributed by atoms with van der Waals surface area (Å²) in [7, 11) is 0. The first-order valence-electron chi connectivity index (χ1n) is 6.13. The van der Waals surface area contributed by atoms with E-state index in [1.807, 2.05) is 18.2 Å². The average Bonchev–Trinajstić information content (AvgIpc) is 2.38. The molecule has 2 N–H and O–H groups in total. The topological polar surface area (TPSA) is 82.3 Å². The molecule has 102 valence electrons. The molecule has 1 atom stereocenters. The van der Waals surface area contributed by atoms with Gasteiger partial charge >= 0.3 is 0 Å². The van der Waals surface area contributed by atoms with Crippen LogP contribution in [0, 0.1) is 11.3 Å². The summed E-state index contributed by atoms with van der Waals surface area (Å²) in [6.45, 7) is 0.443. The molecule has 0 aliphatic carbocycles. The van der Waals surface area contributed by atoms with Gasteiger partial charge in [0.25, 0.3) is 5.91 Å². The van der Waals surface area contributed by atoms with Gasteiger partial charge in [0, 0.05) is 22.9 Å². The minimum atomic E-state index is -0.699. The van der Waals surface area contributed by atoms with Crippen LogP contribution in [0.4, 0.5) is 0 Å². The van der Waals surface area contributed by atoms with E-state index >= 15 is 0 Å². The maximum Gasteiger partial charge on any atom is 0.266 e. The summed E-state index contributed by atoms with van der Waals surface area (Å²) >= 11 is 3.38. The Bertz CT molecular complexity index is 677. The van der Waals surface area contributed by atoms with Crippen LogP contribution in [0.3, 0.4) is 0 Å². The number of aliphatic hydroxyl groups is 1. The summed E-state index contributed by atoms with van der Waals surface area (Å²) in [4.78, 5) is 12.0. The van der Waals surface area contributed by atoms with Gasteiger partial charge in [-0.05, 0) is 12.1 Å². The average molecular weight is 335 g/mol. The number of rotatable bonds is 0. The second-order valence-corrected chi connectivity index (χ2v) is 5.80. The zero-order valence-electron chi connectivity index (χ0n) is 10.4. The van der Waals surface area contributed by atoms with E-state index in [4.69, 9.17) is 10.00 Å². The van der Waals surface area contributed by atoms with Gasteiger partial charge in [-0.1, -0.05) is 22.0 Å². The van der Waals surface area contributed by atoms with Gasteiger partial charge in [-0.3, -0.25) is 4.79 Å². The standard InChI is InChI=1S/C14H11BrN2O3/c15-8-1-2-10-12(5-8)20-4-3-14(10)6-11(18)9(7-16)13(19)17-14/h1-2,5,18H,3-4,6H2,(H,17,19)/t14-/m0/s1. The highest BCUT2D eigenvalue weighted by Gasteiger charge is 2.44. The lowest BCUT2D eigenvalue weighted by Crippen LogP contribution is -2.52. The third-order valence-corrected chi connectivity index (χ3v) is 4.19. The zero-order chi connectivity index (χ0) is 14.3. The number of halogens is 1. The molecule has 2 heterocycles. The maximum absolute atomic E-state index is 12.0. The number of fused-ring (bicyclic) bond motifs is 2. The first-order chi connectivity index (χ1) is 9.55. The van der Waals surface area contributed by atoms with Gasteiger partial charge < -0.3 is 15.2 Å². The molecule has 0 saturated heterocycles. The Hall–Kier alpha value is -2.00. The molecule has 1 amide bonds. The van der Waals surface area contributed by atoms with Crippen LogP contribution in [-0.4, -0.2) is 17.6 Å². The van der Waals surface area contributed by atoms with E-state index in [-0.39, 0.29) is 17.8 Å². The van der Waals surface area contributed by atoms with Gasteiger partial charge in [0.05, 0.1) is 12.1 Å². The van der Waals surface area contributed by atoms with Gasteiger partial charge in [-0.25, -0.2) is 0 Å². The van der Waals surface area contributed by atoms with Crippen molar-refractivity contribution in [1.29, 1.82) is 5.26 Å². The Morgan fingerprint density at radius 3 is 3.00 bits per heavy atom. The Labute approximate surface area is 124 Å². The Morgan fingerprint density at radius 1 is 1.50 bits per heavy atom. The van der Waals surface area contributed by atoms with E-state index in [9.17, 15) is 9.90 Å². The van der Waals surface area contributed by atoms with E-state index in [2.05, 4.69) is 21.2 Å². The molecule has 20 heavy (non-hydrogen) atoms. The molecular weight excluding hydrogens is 324 g/mol. The minimum absolute atomic E-state index is 0.160. The van der Waals surface area contributed by atoms with E-state index in [1.165, 1.54) is 0 Å². The number of benzene rings is 1. The summed E-state index contributed by atoms with van der Waals surface area (Å²) in [6, 6.07) is 7.30. The number of nitrogens with one attached hydrogen (secondary N) is 1. The van der Waals surface area contributed by atoms with Crippen molar-refractivity contribution >= 4 is 21.8 Å². The highest BCUT2D eigenvalue weighted by atomic mass is 79.9. The SMILES string of the molecule is N#CC1=C(O)C[C@]2(CCOc3cc(Br)ccc32)NC1=O. The van der Waals surface area contributed by atoms with Crippen LogP contribution < -0.4 is 10.1 Å². The Kier molecular flexibility index (Phi) is 2.94. The molecule has 6 heteroatoms. The normalized spacial score (nSPS) is 24.7. The summed E-state index contributed by atoms with van der Waals surface area (Å²) in [5.74, 6) is -0.0156. The maximum atomic E-state index is 12.0. The molecule has 0 saturated carbocycles. The Balaban J connectivity index is 2.11. The van der Waals surface area contributed by atoms with Crippen molar-refractivity contribution in [3.05, 3.63) is 39.6 Å². The molecule has 5 nitrogen and oxygen atoms in total. The van der Waals surface area contributed by atoms with Crippen molar-refractivity contribution in [3.8, 4) is 11.8 Å². The number of hydrogen-bond donors (Lipinski definition) is 2. The predicted molar refractivity (Wildman–Crippen MR) is 74.0 cm³/mol. The zero-order valence-corrected chi connectivity index (χ0v) is 12.0. The summed E-state index contributed by atoms with van der Waals surface area (Å²) in [5.41, 5.74) is -0.0832. The van der Waals surface area contributed by atoms with Crippen LogP contribution in [-0.2, 0) is 10.3 Å². The lowest BCUT2D eigenvalue weighted by Gasteiger charge is -2.41. The first kappa shape index (κ1) is 13.0. The number of nitrogens with zero attached hydrogens (tertiary/aromatic N) is 1. The fourth-order valence-electron chi connectivity index (χ4n) is 2.74. The van der Waals surface area contributed by atoms with Gasteiger partial charge in [-0.2, -0.15) is 5.26 Å². The van der Waals surface area contributed by atoms with Gasteiger partial charge in [0.2, 0.25) is 0 Å². The van der Waals surface area contributed by atoms with Crippen molar-refractivity contribution in [2.24, 2.45) is 0 Å². The van der Waals surface area contributed by atoms with Crippen LogP contribution in [0.1, 0.15) is 18.4 Å². The molecule has 1 aromatic carbocycles. The van der Waals surface area contributed by atoms with Crippen molar-refractivity contribution in [1.82, 2.24) is 5.32 Å². The summed E-state index contributed by atoms with van der Waals surface area (Å²) < 4.78 is 6.49. The lowest BCUT2D eigenvalue weighted by molar-refractivity contribution is -0.120. The number of aliphatic hydroxyl groups excluding tert-OH is 1. The van der Waals surface area contributed by atoms with Crippen LogP contribution in [0.25, 0.3) is 0 Å². The molecule has 2 aliphatic rings. The lowest BCUT2D eigenvalue weighted by atomic mass is 9.78. The number of carbonyl (C=O) groups is 1. The van der Waals surface area contributed by atoms with Crippen LogP contribution in [0.15, 0.2) is 34.0 Å². The predicted octanol–water partition coefficient (Wildman–Crippen LogP) is 2.28. The molecule has 0 radical (unpaired) electrons. The van der Waals surface area contributed by atoms with E-state index < -0.39 is 11.4 Å². The monoisotopic (exact) mass is 334 g/mol. The van der Waals surface area contributed by atoms with Crippen LogP contribution in [0.5, 0.6) is 5.75 Å².